The number of unbranched alkanes of at least 4 members (excludes halogenated alkanes) is 15. The first-order chi connectivity index (χ1) is 17.9. The lowest BCUT2D eigenvalue weighted by atomic mass is 10.0. The maximum atomic E-state index is 11.4. The number of carbonyl (C=O) groups is 1. The van der Waals surface area contributed by atoms with E-state index in [9.17, 15) is 9.36 Å². The number of ether oxygens (including phenoxy) is 3. The topological polar surface area (TPSA) is 102 Å². The first kappa shape index (κ1) is 33.8. The molecular formula is C29H51O7P. The molecule has 2 N–H and O–H groups in total. The van der Waals surface area contributed by atoms with Crippen LogP contribution in [0.4, 0.5) is 4.79 Å². The van der Waals surface area contributed by atoms with Gasteiger partial charge >= 0.3 is 13.3 Å². The lowest BCUT2D eigenvalue weighted by molar-refractivity contribution is -0.0510. The van der Waals surface area contributed by atoms with Crippen LogP contribution in [0.5, 0.6) is 0 Å². The highest BCUT2D eigenvalue weighted by Gasteiger charge is 2.29. The average molecular weight is 543 g/mol. The Bertz CT molecular complexity index is 707. The standard InChI is InChI=1S/C29H51O7P/c1-2-3-4-5-6-7-8-9-10-11-12-13-14-15-16-20-23-34-25-28(26-36-29(30)37(31,32)33)35-24-27-21-18-17-19-22-27/h17-19,21-22,28H,2-16,20,23-26H2,1H3,(H2,31,32,33). The Morgan fingerprint density at radius 1 is 0.757 bits per heavy atom. The zero-order valence-electron chi connectivity index (χ0n) is 23.0. The molecule has 0 radical (unpaired) electrons. The Hall–Kier alpha value is -1.24. The maximum Gasteiger partial charge on any atom is 0.433 e. The van der Waals surface area contributed by atoms with Gasteiger partial charge in [0.25, 0.3) is 0 Å². The summed E-state index contributed by atoms with van der Waals surface area (Å²) in [4.78, 5) is 29.2. The van der Waals surface area contributed by atoms with Gasteiger partial charge in [-0.25, -0.2) is 9.36 Å². The van der Waals surface area contributed by atoms with Crippen LogP contribution in [0.2, 0.25) is 0 Å². The summed E-state index contributed by atoms with van der Waals surface area (Å²) in [5.41, 5.74) is -0.592. The Kier molecular flexibility index (Phi) is 20.7. The lowest BCUT2D eigenvalue weighted by Gasteiger charge is -2.18. The van der Waals surface area contributed by atoms with Crippen LogP contribution in [0.3, 0.4) is 0 Å². The second kappa shape index (κ2) is 22.7. The third-order valence-corrected chi connectivity index (χ3v) is 7.01. The second-order valence-electron chi connectivity index (χ2n) is 9.92. The Labute approximate surface area is 224 Å². The van der Waals surface area contributed by atoms with E-state index >= 15 is 0 Å². The van der Waals surface area contributed by atoms with E-state index in [1.54, 1.807) is 0 Å². The average Bonchev–Trinajstić information content (AvgIpc) is 2.88. The summed E-state index contributed by atoms with van der Waals surface area (Å²) in [6.07, 6.45) is 20.4. The molecule has 37 heavy (non-hydrogen) atoms. The van der Waals surface area contributed by atoms with Crippen molar-refractivity contribution in [2.75, 3.05) is 19.8 Å². The number of hydrogen-bond donors (Lipinski definition) is 2. The maximum absolute atomic E-state index is 11.4. The van der Waals surface area contributed by atoms with Gasteiger partial charge in [0.15, 0.2) is 0 Å². The zero-order chi connectivity index (χ0) is 27.0. The van der Waals surface area contributed by atoms with Gasteiger partial charge in [-0.15, -0.1) is 0 Å². The highest BCUT2D eigenvalue weighted by molar-refractivity contribution is 7.69. The predicted molar refractivity (Wildman–Crippen MR) is 149 cm³/mol. The van der Waals surface area contributed by atoms with Gasteiger partial charge < -0.3 is 24.0 Å². The van der Waals surface area contributed by atoms with Crippen LogP contribution >= 0.6 is 7.60 Å². The van der Waals surface area contributed by atoms with Crippen molar-refractivity contribution in [2.45, 2.75) is 122 Å². The highest BCUT2D eigenvalue weighted by atomic mass is 31.2. The van der Waals surface area contributed by atoms with Crippen molar-refractivity contribution in [2.24, 2.45) is 0 Å². The smallest absolute Gasteiger partial charge is 0.433 e. The van der Waals surface area contributed by atoms with E-state index in [2.05, 4.69) is 6.92 Å². The predicted octanol–water partition coefficient (Wildman–Crippen LogP) is 8.16. The highest BCUT2D eigenvalue weighted by Crippen LogP contribution is 2.36. The number of carbonyl (C=O) groups excluding carboxylic acids is 1. The molecule has 7 nitrogen and oxygen atoms in total. The minimum Gasteiger partial charge on any atom is -0.454 e. The van der Waals surface area contributed by atoms with Crippen molar-refractivity contribution in [3.63, 3.8) is 0 Å². The van der Waals surface area contributed by atoms with Crippen molar-refractivity contribution in [3.8, 4) is 0 Å². The Morgan fingerprint density at radius 3 is 1.73 bits per heavy atom. The van der Waals surface area contributed by atoms with Gasteiger partial charge in [0.05, 0.1) is 13.2 Å². The largest absolute Gasteiger partial charge is 0.454 e. The van der Waals surface area contributed by atoms with Crippen LogP contribution in [0.15, 0.2) is 30.3 Å². The first-order valence-corrected chi connectivity index (χ1v) is 16.0. The summed E-state index contributed by atoms with van der Waals surface area (Å²) in [6.45, 7) is 3.06. The van der Waals surface area contributed by atoms with Gasteiger partial charge in [-0.1, -0.05) is 134 Å². The van der Waals surface area contributed by atoms with Gasteiger partial charge in [-0.05, 0) is 12.0 Å². The van der Waals surface area contributed by atoms with E-state index in [1.807, 2.05) is 30.3 Å². The molecule has 0 aromatic heterocycles. The van der Waals surface area contributed by atoms with E-state index in [-0.39, 0.29) is 13.2 Å². The van der Waals surface area contributed by atoms with Gasteiger partial charge in [0.2, 0.25) is 0 Å². The van der Waals surface area contributed by atoms with E-state index in [1.165, 1.54) is 89.9 Å². The molecule has 8 heteroatoms. The molecule has 0 aliphatic carbocycles. The zero-order valence-corrected chi connectivity index (χ0v) is 23.9. The minimum atomic E-state index is -4.91. The van der Waals surface area contributed by atoms with Gasteiger partial charge in [-0.2, -0.15) is 0 Å². The monoisotopic (exact) mass is 542 g/mol. The van der Waals surface area contributed by atoms with Gasteiger partial charge in [0.1, 0.15) is 12.7 Å². The van der Waals surface area contributed by atoms with Crippen LogP contribution in [0.1, 0.15) is 115 Å². The fraction of sp³-hybridized carbons (Fsp3) is 0.759. The van der Waals surface area contributed by atoms with E-state index in [0.717, 1.165) is 18.4 Å². The molecule has 1 aromatic carbocycles. The van der Waals surface area contributed by atoms with Crippen LogP contribution in [0.25, 0.3) is 0 Å². The first-order valence-electron chi connectivity index (χ1n) is 14.4. The van der Waals surface area contributed by atoms with Crippen molar-refractivity contribution in [1.82, 2.24) is 0 Å². The molecule has 0 saturated heterocycles. The normalized spacial score (nSPS) is 12.5. The summed E-state index contributed by atoms with van der Waals surface area (Å²) in [5.74, 6) is 0. The molecule has 0 bridgehead atoms. The summed E-state index contributed by atoms with van der Waals surface area (Å²) < 4.78 is 27.2. The van der Waals surface area contributed by atoms with Crippen LogP contribution in [-0.4, -0.2) is 41.4 Å². The third kappa shape index (κ3) is 20.4. The number of hydrogen-bond acceptors (Lipinski definition) is 5. The third-order valence-electron chi connectivity index (χ3n) is 6.41. The molecule has 0 aliphatic heterocycles. The molecule has 1 aromatic rings. The molecule has 0 heterocycles. The molecule has 1 atom stereocenters. The summed E-state index contributed by atoms with van der Waals surface area (Å²) >= 11 is 0. The molecule has 0 fully saturated rings. The van der Waals surface area contributed by atoms with E-state index in [4.69, 9.17) is 24.0 Å². The SMILES string of the molecule is CCCCCCCCCCCCCCCCCCOCC(COC(=O)P(=O)(O)O)OCc1ccccc1. The van der Waals surface area contributed by atoms with Crippen LogP contribution < -0.4 is 0 Å². The fourth-order valence-electron chi connectivity index (χ4n) is 4.15. The molecule has 1 rings (SSSR count). The van der Waals surface area contributed by atoms with E-state index in [0.29, 0.717) is 13.2 Å². The number of rotatable bonds is 25. The molecule has 0 amide bonds. The molecule has 0 spiro atoms. The van der Waals surface area contributed by atoms with Gasteiger partial charge in [0, 0.05) is 6.61 Å². The van der Waals surface area contributed by atoms with Crippen molar-refractivity contribution < 1.29 is 33.4 Å². The van der Waals surface area contributed by atoms with Crippen molar-refractivity contribution in [1.29, 1.82) is 0 Å². The van der Waals surface area contributed by atoms with Crippen molar-refractivity contribution in [3.05, 3.63) is 35.9 Å². The summed E-state index contributed by atoms with van der Waals surface area (Å²) in [5, 5.41) is 0. The fourth-order valence-corrected chi connectivity index (χ4v) is 4.39. The Morgan fingerprint density at radius 2 is 1.24 bits per heavy atom. The van der Waals surface area contributed by atoms with Crippen LogP contribution in [-0.2, 0) is 25.4 Å². The molecule has 0 aliphatic rings. The van der Waals surface area contributed by atoms with E-state index < -0.39 is 19.4 Å². The molecule has 214 valence electrons. The molecular weight excluding hydrogens is 491 g/mol. The minimum absolute atomic E-state index is 0.194. The van der Waals surface area contributed by atoms with Crippen molar-refractivity contribution >= 4 is 13.3 Å². The summed E-state index contributed by atoms with van der Waals surface area (Å²) in [6, 6.07) is 9.53. The quantitative estimate of drug-likeness (QED) is 0.0949. The second-order valence-corrected chi connectivity index (χ2v) is 11.4. The Balaban J connectivity index is 2.03. The van der Waals surface area contributed by atoms with Crippen LogP contribution in [0, 0.1) is 0 Å². The summed E-state index contributed by atoms with van der Waals surface area (Å²) in [7, 11) is -4.91. The molecule has 0 saturated carbocycles. The van der Waals surface area contributed by atoms with Gasteiger partial charge in [-0.3, -0.25) is 0 Å². The molecule has 1 unspecified atom stereocenters. The lowest BCUT2D eigenvalue weighted by Crippen LogP contribution is -2.27. The number of benzene rings is 1.